The fraction of sp³-hybridized carbons (Fsp3) is 0.133. The van der Waals surface area contributed by atoms with Gasteiger partial charge in [0.15, 0.2) is 0 Å². The van der Waals surface area contributed by atoms with Gasteiger partial charge in [-0.25, -0.2) is 4.39 Å². The summed E-state index contributed by atoms with van der Waals surface area (Å²) in [7, 11) is 0. The highest BCUT2D eigenvalue weighted by molar-refractivity contribution is 14.1. The molecule has 0 saturated carbocycles. The molecule has 19 heavy (non-hydrogen) atoms. The molecule has 0 bridgehead atoms. The molecule has 0 aliphatic rings. The van der Waals surface area contributed by atoms with Crippen molar-refractivity contribution in [2.45, 2.75) is 13.8 Å². The Bertz CT molecular complexity index is 620. The van der Waals surface area contributed by atoms with Gasteiger partial charge in [0.05, 0.1) is 5.56 Å². The Labute approximate surface area is 125 Å². The maximum absolute atomic E-state index is 13.0. The van der Waals surface area contributed by atoms with Crippen molar-refractivity contribution >= 4 is 34.2 Å². The Morgan fingerprint density at radius 2 is 1.79 bits per heavy atom. The number of halogens is 2. The van der Waals surface area contributed by atoms with Crippen molar-refractivity contribution < 1.29 is 9.18 Å². The Morgan fingerprint density at radius 3 is 2.37 bits per heavy atom. The molecular formula is C15H13FINO. The smallest absolute Gasteiger partial charge is 0.256 e. The van der Waals surface area contributed by atoms with Gasteiger partial charge in [0.25, 0.3) is 5.91 Å². The quantitative estimate of drug-likeness (QED) is 0.786. The molecule has 0 atom stereocenters. The molecule has 0 radical (unpaired) electrons. The molecule has 0 spiro atoms. The van der Waals surface area contributed by atoms with Crippen LogP contribution in [0.3, 0.4) is 0 Å². The van der Waals surface area contributed by atoms with Crippen LogP contribution in [0, 0.1) is 23.2 Å². The van der Waals surface area contributed by atoms with E-state index in [1.54, 1.807) is 0 Å². The van der Waals surface area contributed by atoms with Gasteiger partial charge in [-0.2, -0.15) is 0 Å². The van der Waals surface area contributed by atoms with Crippen molar-refractivity contribution in [1.29, 1.82) is 0 Å². The van der Waals surface area contributed by atoms with Gasteiger partial charge in [-0.3, -0.25) is 4.79 Å². The lowest BCUT2D eigenvalue weighted by Gasteiger charge is -2.12. The number of hydrogen-bond acceptors (Lipinski definition) is 1. The molecule has 2 aromatic carbocycles. The number of aryl methyl sites for hydroxylation is 2. The van der Waals surface area contributed by atoms with Crippen LogP contribution < -0.4 is 5.32 Å². The molecule has 0 aliphatic heterocycles. The third kappa shape index (κ3) is 3.12. The predicted molar refractivity (Wildman–Crippen MR) is 83.0 cm³/mol. The third-order valence-electron chi connectivity index (χ3n) is 2.90. The Balaban J connectivity index is 2.31. The first kappa shape index (κ1) is 14.0. The molecular weight excluding hydrogens is 356 g/mol. The first-order valence-corrected chi connectivity index (χ1v) is 6.89. The van der Waals surface area contributed by atoms with Gasteiger partial charge < -0.3 is 5.32 Å². The minimum Gasteiger partial charge on any atom is -0.321 e. The van der Waals surface area contributed by atoms with Crippen LogP contribution in [0.5, 0.6) is 0 Å². The maximum atomic E-state index is 13.0. The van der Waals surface area contributed by atoms with Gasteiger partial charge in [0.1, 0.15) is 5.82 Å². The number of amides is 1. The van der Waals surface area contributed by atoms with Gasteiger partial charge in [-0.15, -0.1) is 0 Å². The number of benzene rings is 2. The van der Waals surface area contributed by atoms with Crippen molar-refractivity contribution in [3.63, 3.8) is 0 Å². The zero-order valence-electron chi connectivity index (χ0n) is 10.6. The number of hydrogen-bond donors (Lipinski definition) is 1. The second-order valence-corrected chi connectivity index (χ2v) is 5.51. The molecule has 2 aromatic rings. The first-order chi connectivity index (χ1) is 8.99. The van der Waals surface area contributed by atoms with Crippen molar-refractivity contribution in [2.24, 2.45) is 0 Å². The van der Waals surface area contributed by atoms with Crippen molar-refractivity contribution in [2.75, 3.05) is 5.32 Å². The first-order valence-electron chi connectivity index (χ1n) is 5.81. The number of nitrogens with one attached hydrogen (secondary N) is 1. The van der Waals surface area contributed by atoms with E-state index in [2.05, 4.69) is 5.32 Å². The molecule has 1 N–H and O–H groups in total. The van der Waals surface area contributed by atoms with Crippen LogP contribution in [0.2, 0.25) is 0 Å². The Morgan fingerprint density at radius 1 is 1.16 bits per heavy atom. The van der Waals surface area contributed by atoms with E-state index in [9.17, 15) is 9.18 Å². The molecule has 98 valence electrons. The third-order valence-corrected chi connectivity index (χ3v) is 3.79. The molecule has 2 rings (SSSR count). The summed E-state index contributed by atoms with van der Waals surface area (Å²) in [4.78, 5) is 12.2. The number of para-hydroxylation sites is 1. The standard InChI is InChI=1S/C15H13FINO/c1-9-4-3-5-10(2)14(9)18-15(19)12-7-6-11(16)8-13(12)17/h3-8H,1-2H3,(H,18,19). The van der Waals surface area contributed by atoms with E-state index in [0.29, 0.717) is 9.13 Å². The van der Waals surface area contributed by atoms with Crippen LogP contribution in [0.15, 0.2) is 36.4 Å². The van der Waals surface area contributed by atoms with Crippen molar-refractivity contribution in [1.82, 2.24) is 0 Å². The highest BCUT2D eigenvalue weighted by Crippen LogP contribution is 2.21. The summed E-state index contributed by atoms with van der Waals surface area (Å²) >= 11 is 1.96. The minimum absolute atomic E-state index is 0.221. The molecule has 2 nitrogen and oxygen atoms in total. The van der Waals surface area contributed by atoms with Crippen LogP contribution in [0.1, 0.15) is 21.5 Å². The second-order valence-electron chi connectivity index (χ2n) is 4.35. The molecule has 0 fully saturated rings. The van der Waals surface area contributed by atoms with E-state index in [-0.39, 0.29) is 11.7 Å². The van der Waals surface area contributed by atoms with Gasteiger partial charge in [0.2, 0.25) is 0 Å². The summed E-state index contributed by atoms with van der Waals surface area (Å²) in [6.07, 6.45) is 0. The van der Waals surface area contributed by atoms with Crippen LogP contribution in [-0.4, -0.2) is 5.91 Å². The summed E-state index contributed by atoms with van der Waals surface area (Å²) in [5, 5.41) is 2.89. The van der Waals surface area contributed by atoms with E-state index in [1.165, 1.54) is 18.2 Å². The predicted octanol–water partition coefficient (Wildman–Crippen LogP) is 4.30. The molecule has 0 heterocycles. The molecule has 1 amide bonds. The number of carbonyl (C=O) groups excluding carboxylic acids is 1. The van der Waals surface area contributed by atoms with E-state index in [4.69, 9.17) is 0 Å². The monoisotopic (exact) mass is 369 g/mol. The SMILES string of the molecule is Cc1cccc(C)c1NC(=O)c1ccc(F)cc1I. The summed E-state index contributed by atoms with van der Waals surface area (Å²) in [6.45, 7) is 3.89. The molecule has 0 unspecified atom stereocenters. The van der Waals surface area contributed by atoms with E-state index in [1.807, 2.05) is 54.6 Å². The van der Waals surface area contributed by atoms with Crippen molar-refractivity contribution in [3.05, 3.63) is 62.5 Å². The summed E-state index contributed by atoms with van der Waals surface area (Å²) in [5.41, 5.74) is 3.30. The zero-order chi connectivity index (χ0) is 14.0. The van der Waals surface area contributed by atoms with Crippen molar-refractivity contribution in [3.8, 4) is 0 Å². The normalized spacial score (nSPS) is 10.3. The van der Waals surface area contributed by atoms with Gasteiger partial charge in [-0.1, -0.05) is 18.2 Å². The number of anilines is 1. The van der Waals surface area contributed by atoms with Crippen LogP contribution in [0.25, 0.3) is 0 Å². The molecule has 0 aliphatic carbocycles. The molecule has 0 saturated heterocycles. The molecule has 4 heteroatoms. The van der Waals surface area contributed by atoms with Crippen LogP contribution >= 0.6 is 22.6 Å². The average Bonchev–Trinajstić information content (AvgIpc) is 2.33. The zero-order valence-corrected chi connectivity index (χ0v) is 12.8. The summed E-state index contributed by atoms with van der Waals surface area (Å²) in [5.74, 6) is -0.560. The topological polar surface area (TPSA) is 29.1 Å². The summed E-state index contributed by atoms with van der Waals surface area (Å²) in [6, 6.07) is 9.97. The lowest BCUT2D eigenvalue weighted by molar-refractivity contribution is 0.102. The lowest BCUT2D eigenvalue weighted by Crippen LogP contribution is -2.15. The fourth-order valence-electron chi connectivity index (χ4n) is 1.87. The Kier molecular flexibility index (Phi) is 4.19. The Hall–Kier alpha value is -1.43. The highest BCUT2D eigenvalue weighted by Gasteiger charge is 2.13. The summed E-state index contributed by atoms with van der Waals surface area (Å²) < 4.78 is 13.6. The van der Waals surface area contributed by atoms with Gasteiger partial charge >= 0.3 is 0 Å². The highest BCUT2D eigenvalue weighted by atomic mass is 127. The fourth-order valence-corrected chi connectivity index (χ4v) is 2.59. The van der Waals surface area contributed by atoms with E-state index >= 15 is 0 Å². The maximum Gasteiger partial charge on any atom is 0.256 e. The minimum atomic E-state index is -0.340. The van der Waals surface area contributed by atoms with Crippen LogP contribution in [0.4, 0.5) is 10.1 Å². The van der Waals surface area contributed by atoms with Gasteiger partial charge in [0, 0.05) is 9.26 Å². The van der Waals surface area contributed by atoms with Crippen LogP contribution in [-0.2, 0) is 0 Å². The second kappa shape index (κ2) is 5.69. The number of rotatable bonds is 2. The molecule has 0 aromatic heterocycles. The van der Waals surface area contributed by atoms with Gasteiger partial charge in [-0.05, 0) is 65.8 Å². The van der Waals surface area contributed by atoms with E-state index in [0.717, 1.165) is 16.8 Å². The number of carbonyl (C=O) groups is 1. The lowest BCUT2D eigenvalue weighted by atomic mass is 10.1. The average molecular weight is 369 g/mol. The largest absolute Gasteiger partial charge is 0.321 e. The van der Waals surface area contributed by atoms with E-state index < -0.39 is 0 Å².